The van der Waals surface area contributed by atoms with Gasteiger partial charge in [-0.1, -0.05) is 66.7 Å². The van der Waals surface area contributed by atoms with Crippen LogP contribution < -0.4 is 26.0 Å². The molecule has 1 amide bonds. The fourth-order valence-corrected chi connectivity index (χ4v) is 5.76. The van der Waals surface area contributed by atoms with Crippen LogP contribution in [-0.4, -0.2) is 38.1 Å². The Balaban J connectivity index is 1.51. The van der Waals surface area contributed by atoms with Crippen LogP contribution in [0.25, 0.3) is 16.8 Å². The number of hydrogen-bond acceptors (Lipinski definition) is 8. The second-order valence-corrected chi connectivity index (χ2v) is 11.6. The van der Waals surface area contributed by atoms with E-state index in [2.05, 4.69) is 20.5 Å². The van der Waals surface area contributed by atoms with E-state index in [1.807, 2.05) is 60.7 Å². The van der Waals surface area contributed by atoms with Gasteiger partial charge in [-0.2, -0.15) is 9.61 Å². The van der Waals surface area contributed by atoms with Gasteiger partial charge in [0.05, 0.1) is 30.2 Å². The molecule has 7 rings (SSSR count). The number of nitrogens with two attached hydrogens (primary N) is 1. The van der Waals surface area contributed by atoms with Gasteiger partial charge in [-0.05, 0) is 41.8 Å². The summed E-state index contributed by atoms with van der Waals surface area (Å²) in [5, 5.41) is 10.9. The summed E-state index contributed by atoms with van der Waals surface area (Å²) in [5.41, 5.74) is 9.85. The smallest absolute Gasteiger partial charge is 0.256 e. The summed E-state index contributed by atoms with van der Waals surface area (Å²) in [4.78, 5) is 24.8. The summed E-state index contributed by atoms with van der Waals surface area (Å²) >= 11 is 0. The summed E-state index contributed by atoms with van der Waals surface area (Å²) in [7, 11) is 0. The molecule has 6 aromatic rings. The van der Waals surface area contributed by atoms with Gasteiger partial charge in [-0.3, -0.25) is 4.79 Å². The van der Waals surface area contributed by atoms with Crippen molar-refractivity contribution in [2.75, 3.05) is 22.5 Å². The molecule has 0 saturated heterocycles. The Bertz CT molecular complexity index is 2070. The van der Waals surface area contributed by atoms with Crippen molar-refractivity contribution >= 4 is 28.9 Å². The molecule has 12 heteroatoms. The summed E-state index contributed by atoms with van der Waals surface area (Å²) in [6.07, 6.45) is 2.07. The lowest BCUT2D eigenvalue weighted by atomic mass is 10.0. The SMILES string of the molecule is C[C@H]1CNC(=O)c2cnn3c(N(Cc4ccccc4)Cc4ccccc4)c(-c4ccc(N)c(F)c4)c(nc23)NCc2cc(F)cnc2O1. The highest BCUT2D eigenvalue weighted by molar-refractivity contribution is 6.01. The van der Waals surface area contributed by atoms with Gasteiger partial charge in [0.2, 0.25) is 5.88 Å². The molecule has 2 bridgehead atoms. The molecule has 0 fully saturated rings. The van der Waals surface area contributed by atoms with Crippen LogP contribution in [0.3, 0.4) is 0 Å². The van der Waals surface area contributed by atoms with Crippen molar-refractivity contribution in [3.05, 3.63) is 131 Å². The van der Waals surface area contributed by atoms with Gasteiger partial charge in [-0.25, -0.2) is 18.7 Å². The summed E-state index contributed by atoms with van der Waals surface area (Å²) in [6, 6.07) is 25.7. The lowest BCUT2D eigenvalue weighted by Crippen LogP contribution is -2.34. The van der Waals surface area contributed by atoms with E-state index in [1.54, 1.807) is 17.5 Å². The maximum Gasteiger partial charge on any atom is 0.256 e. The van der Waals surface area contributed by atoms with E-state index in [4.69, 9.17) is 20.6 Å². The highest BCUT2D eigenvalue weighted by Gasteiger charge is 2.28. The lowest BCUT2D eigenvalue weighted by Gasteiger charge is -2.29. The molecular weight excluding hydrogens is 614 g/mol. The van der Waals surface area contributed by atoms with Crippen molar-refractivity contribution in [3.63, 3.8) is 0 Å². The monoisotopic (exact) mass is 646 g/mol. The van der Waals surface area contributed by atoms with E-state index in [0.29, 0.717) is 41.4 Å². The van der Waals surface area contributed by atoms with Crippen LogP contribution in [0.2, 0.25) is 0 Å². The molecule has 0 spiro atoms. The molecule has 0 radical (unpaired) electrons. The van der Waals surface area contributed by atoms with Crippen LogP contribution >= 0.6 is 0 Å². The van der Waals surface area contributed by atoms with E-state index in [1.165, 1.54) is 24.4 Å². The first-order valence-electron chi connectivity index (χ1n) is 15.5. The minimum Gasteiger partial charge on any atom is -0.473 e. The topological polar surface area (TPSA) is 123 Å². The maximum atomic E-state index is 15.2. The normalized spacial score (nSPS) is 14.6. The number of amides is 1. The molecule has 3 aromatic carbocycles. The number of pyridine rings is 1. The highest BCUT2D eigenvalue weighted by atomic mass is 19.1. The Kier molecular flexibility index (Phi) is 8.28. The first kappa shape index (κ1) is 30.6. The largest absolute Gasteiger partial charge is 0.473 e. The third kappa shape index (κ3) is 6.19. The summed E-state index contributed by atoms with van der Waals surface area (Å²) in [5.74, 6) is -0.471. The number of rotatable bonds is 6. The zero-order chi connectivity index (χ0) is 33.2. The third-order valence-corrected chi connectivity index (χ3v) is 8.09. The number of nitrogens with one attached hydrogen (secondary N) is 2. The average molecular weight is 647 g/mol. The van der Waals surface area contributed by atoms with Gasteiger partial charge < -0.3 is 26.0 Å². The number of nitrogen functional groups attached to an aromatic ring is 1. The van der Waals surface area contributed by atoms with Gasteiger partial charge in [0.1, 0.15) is 34.9 Å². The lowest BCUT2D eigenvalue weighted by molar-refractivity contribution is 0.0932. The second kappa shape index (κ2) is 13.0. The molecule has 242 valence electrons. The first-order valence-corrected chi connectivity index (χ1v) is 15.5. The first-order chi connectivity index (χ1) is 23.3. The summed E-state index contributed by atoms with van der Waals surface area (Å²) < 4.78 is 37.3. The number of carbonyl (C=O) groups excluding carboxylic acids is 1. The molecular formula is C36H32F2N8O2. The predicted octanol–water partition coefficient (Wildman–Crippen LogP) is 5.98. The van der Waals surface area contributed by atoms with Crippen LogP contribution in [0.4, 0.5) is 26.1 Å². The Morgan fingerprint density at radius 3 is 2.35 bits per heavy atom. The van der Waals surface area contributed by atoms with E-state index < -0.39 is 23.6 Å². The van der Waals surface area contributed by atoms with Crippen molar-refractivity contribution in [2.24, 2.45) is 0 Å². The van der Waals surface area contributed by atoms with Crippen LogP contribution in [0.15, 0.2) is 97.3 Å². The number of hydrogen-bond donors (Lipinski definition) is 3. The molecule has 0 saturated carbocycles. The number of nitrogens with zero attached hydrogens (tertiary/aromatic N) is 5. The number of anilines is 3. The van der Waals surface area contributed by atoms with Gasteiger partial charge in [0.15, 0.2) is 5.65 Å². The van der Waals surface area contributed by atoms with Crippen molar-refractivity contribution in [1.29, 1.82) is 0 Å². The summed E-state index contributed by atoms with van der Waals surface area (Å²) in [6.45, 7) is 2.86. The molecule has 3 aromatic heterocycles. The second-order valence-electron chi connectivity index (χ2n) is 11.6. The molecule has 48 heavy (non-hydrogen) atoms. The zero-order valence-electron chi connectivity index (χ0n) is 26.0. The van der Waals surface area contributed by atoms with Gasteiger partial charge in [-0.15, -0.1) is 0 Å². The fraction of sp³-hybridized carbons (Fsp3) is 0.167. The molecule has 1 atom stereocenters. The molecule has 0 unspecified atom stereocenters. The Labute approximate surface area is 275 Å². The van der Waals surface area contributed by atoms with Gasteiger partial charge in [0, 0.05) is 25.2 Å². The van der Waals surface area contributed by atoms with Crippen LogP contribution in [-0.2, 0) is 19.6 Å². The molecule has 1 aliphatic heterocycles. The van der Waals surface area contributed by atoms with E-state index >= 15 is 4.39 Å². The Morgan fingerprint density at radius 1 is 0.958 bits per heavy atom. The average Bonchev–Trinajstić information content (AvgIpc) is 3.52. The minimum atomic E-state index is -0.604. The number of benzene rings is 3. The molecule has 4 N–H and O–H groups in total. The quantitative estimate of drug-likeness (QED) is 0.189. The van der Waals surface area contributed by atoms with Crippen LogP contribution in [0.1, 0.15) is 34.0 Å². The molecule has 4 heterocycles. The molecule has 1 aliphatic rings. The van der Waals surface area contributed by atoms with Crippen molar-refractivity contribution in [2.45, 2.75) is 32.7 Å². The van der Waals surface area contributed by atoms with E-state index in [-0.39, 0.29) is 35.9 Å². The van der Waals surface area contributed by atoms with Crippen molar-refractivity contribution in [1.82, 2.24) is 24.9 Å². The fourth-order valence-electron chi connectivity index (χ4n) is 5.76. The van der Waals surface area contributed by atoms with Gasteiger partial charge in [0.25, 0.3) is 5.91 Å². The van der Waals surface area contributed by atoms with Gasteiger partial charge >= 0.3 is 0 Å². The maximum absolute atomic E-state index is 15.2. The Morgan fingerprint density at radius 2 is 1.67 bits per heavy atom. The minimum absolute atomic E-state index is 0.00698. The number of fused-ring (bicyclic) bond motifs is 2. The molecule has 0 aliphatic carbocycles. The third-order valence-electron chi connectivity index (χ3n) is 8.09. The Hall–Kier alpha value is -6.04. The standard InChI is InChI=1S/C36H32F2N8O2/c1-22-16-41-34(47)28-19-43-46-33(28)44-32(40-17-26-14-27(37)18-42-35(26)48-22)31(25-12-13-30(39)29(38)15-25)36(46)45(20-23-8-4-2-5-9-23)21-24-10-6-3-7-11-24/h2-15,18-19,22H,16-17,20-21,39H2,1H3,(H,40,44)(H,41,47)/t22-/m0/s1. The predicted molar refractivity (Wildman–Crippen MR) is 180 cm³/mol. The van der Waals surface area contributed by atoms with Crippen LogP contribution in [0, 0.1) is 11.6 Å². The highest BCUT2D eigenvalue weighted by Crippen LogP contribution is 2.40. The van der Waals surface area contributed by atoms with E-state index in [9.17, 15) is 9.18 Å². The van der Waals surface area contributed by atoms with Crippen molar-refractivity contribution < 1.29 is 18.3 Å². The number of aromatic nitrogens is 4. The van der Waals surface area contributed by atoms with Crippen LogP contribution in [0.5, 0.6) is 5.88 Å². The number of ether oxygens (including phenoxy) is 1. The number of carbonyl (C=O) groups is 1. The van der Waals surface area contributed by atoms with E-state index in [0.717, 1.165) is 17.3 Å². The zero-order valence-corrected chi connectivity index (χ0v) is 26.0. The molecule has 10 nitrogen and oxygen atoms in total. The van der Waals surface area contributed by atoms with Crippen molar-refractivity contribution in [3.8, 4) is 17.0 Å². The number of halogens is 2.